The summed E-state index contributed by atoms with van der Waals surface area (Å²) in [6.45, 7) is -5.56. The Kier molecular flexibility index (Phi) is 2.09. The molecule has 2 nitrogen and oxygen atoms in total. The molecule has 2 heterocycles. The number of benzene rings is 3. The van der Waals surface area contributed by atoms with E-state index in [1.807, 2.05) is 31.2 Å². The van der Waals surface area contributed by atoms with Gasteiger partial charge in [0.1, 0.15) is 18.2 Å². The molecule has 0 aliphatic heterocycles. The van der Waals surface area contributed by atoms with Gasteiger partial charge in [-0.2, -0.15) is 0 Å². The summed E-state index contributed by atoms with van der Waals surface area (Å²) < 4.78 is 78.6. The molecule has 0 fully saturated rings. The van der Waals surface area contributed by atoms with Gasteiger partial charge in [0.2, 0.25) is 5.69 Å². The molecule has 0 N–H and O–H groups in total. The fourth-order valence-electron chi connectivity index (χ4n) is 3.90. The molecular weight excluding hydrogens is 342 g/mol. The van der Waals surface area contributed by atoms with E-state index in [0.29, 0.717) is 22.4 Å². The summed E-state index contributed by atoms with van der Waals surface area (Å²) in [5.74, 6) is 0. The van der Waals surface area contributed by atoms with Gasteiger partial charge in [0.05, 0.1) is 5.56 Å². The second-order valence-electron chi connectivity index (χ2n) is 7.24. The number of hydrogen-bond donors (Lipinski definition) is 0. The maximum Gasteiger partial charge on any atom is 0.216 e. The summed E-state index contributed by atoms with van der Waals surface area (Å²) in [7, 11) is 1.68. The van der Waals surface area contributed by atoms with E-state index < -0.39 is 20.6 Å². The molecular formula is C26H24NO+. The van der Waals surface area contributed by atoms with Crippen LogP contribution in [0.1, 0.15) is 34.6 Å². The van der Waals surface area contributed by atoms with Crippen molar-refractivity contribution in [2.75, 3.05) is 0 Å². The van der Waals surface area contributed by atoms with Gasteiger partial charge in [-0.05, 0) is 61.5 Å². The number of furan rings is 1. The molecule has 0 bridgehead atoms. The largest absolute Gasteiger partial charge is 0.455 e. The molecule has 0 saturated heterocycles. The lowest BCUT2D eigenvalue weighted by Gasteiger charge is -2.07. The second-order valence-corrected chi connectivity index (χ2v) is 7.24. The summed E-state index contributed by atoms with van der Waals surface area (Å²) in [5.41, 5.74) is 2.90. The molecule has 5 rings (SSSR count). The van der Waals surface area contributed by atoms with E-state index in [1.54, 1.807) is 29.8 Å². The van der Waals surface area contributed by atoms with Gasteiger partial charge in [-0.15, -0.1) is 0 Å². The van der Waals surface area contributed by atoms with E-state index >= 15 is 0 Å². The summed E-state index contributed by atoms with van der Waals surface area (Å²) >= 11 is 0. The Balaban J connectivity index is 1.82. The van der Waals surface area contributed by atoms with Gasteiger partial charge in [-0.3, -0.25) is 0 Å². The van der Waals surface area contributed by atoms with Crippen LogP contribution in [0.25, 0.3) is 44.0 Å². The molecule has 5 aromatic rings. The first-order valence-electron chi connectivity index (χ1n) is 13.5. The third-order valence-corrected chi connectivity index (χ3v) is 5.34. The van der Waals surface area contributed by atoms with Crippen LogP contribution < -0.4 is 4.57 Å². The second kappa shape index (κ2) is 5.93. The first-order valence-corrected chi connectivity index (χ1v) is 9.01. The van der Waals surface area contributed by atoms with Crippen molar-refractivity contribution in [3.8, 4) is 11.3 Å². The predicted molar refractivity (Wildman–Crippen MR) is 117 cm³/mol. The van der Waals surface area contributed by atoms with Crippen LogP contribution in [-0.4, -0.2) is 0 Å². The molecule has 0 aliphatic carbocycles. The normalized spacial score (nSPS) is 17.9. The summed E-state index contributed by atoms with van der Waals surface area (Å²) in [6, 6.07) is 14.0. The third kappa shape index (κ3) is 2.45. The Labute approximate surface area is 177 Å². The van der Waals surface area contributed by atoms with E-state index in [4.69, 9.17) is 16.8 Å². The van der Waals surface area contributed by atoms with Crippen LogP contribution in [0.5, 0.6) is 0 Å². The summed E-state index contributed by atoms with van der Waals surface area (Å²) in [4.78, 5) is 0. The van der Waals surface area contributed by atoms with Gasteiger partial charge in [0.15, 0.2) is 6.20 Å². The van der Waals surface area contributed by atoms with Crippen LogP contribution in [0.15, 0.2) is 59.1 Å². The van der Waals surface area contributed by atoms with Crippen LogP contribution in [0.4, 0.5) is 0 Å². The number of aromatic nitrogens is 1. The Bertz CT molecular complexity index is 1710. The average molecular weight is 376 g/mol. The Morgan fingerprint density at radius 3 is 2.54 bits per heavy atom. The molecule has 0 saturated carbocycles. The number of pyridine rings is 1. The number of aryl methyl sites for hydroxylation is 5. The van der Waals surface area contributed by atoms with Crippen molar-refractivity contribution in [3.63, 3.8) is 0 Å². The minimum absolute atomic E-state index is 0.218. The highest BCUT2D eigenvalue weighted by Crippen LogP contribution is 2.38. The molecule has 3 aromatic carbocycles. The molecule has 0 amide bonds. The van der Waals surface area contributed by atoms with Crippen LogP contribution >= 0.6 is 0 Å². The highest BCUT2D eigenvalue weighted by atomic mass is 16.3. The average Bonchev–Trinajstić information content (AvgIpc) is 3.12. The first kappa shape index (κ1) is 9.88. The van der Waals surface area contributed by atoms with E-state index in [9.17, 15) is 0 Å². The van der Waals surface area contributed by atoms with Crippen LogP contribution in [0.3, 0.4) is 0 Å². The Morgan fingerprint density at radius 1 is 0.821 bits per heavy atom. The number of hydrogen-bond acceptors (Lipinski definition) is 1. The van der Waals surface area contributed by atoms with E-state index in [-0.39, 0.29) is 16.7 Å². The smallest absolute Gasteiger partial charge is 0.216 e. The lowest BCUT2D eigenvalue weighted by atomic mass is 9.98. The highest BCUT2D eigenvalue weighted by molar-refractivity contribution is 6.13. The van der Waals surface area contributed by atoms with Crippen molar-refractivity contribution >= 4 is 32.7 Å². The SMILES string of the molecule is [2H]C([2H])([2H])c1ccc2cc3c(cc2c1)oc1c(-c2cc(C([2H])([2H])[2H])c(C([2H])([2H])[2H])c[n+]2C)c(C)ccc13. The van der Waals surface area contributed by atoms with Crippen LogP contribution in [0, 0.1) is 27.5 Å². The fourth-order valence-corrected chi connectivity index (χ4v) is 3.90. The molecule has 0 aliphatic rings. The summed E-state index contributed by atoms with van der Waals surface area (Å²) in [5, 5.41) is 3.24. The number of rotatable bonds is 1. The van der Waals surface area contributed by atoms with E-state index in [1.165, 1.54) is 12.3 Å². The van der Waals surface area contributed by atoms with Crippen molar-refractivity contribution in [2.24, 2.45) is 7.05 Å². The summed E-state index contributed by atoms with van der Waals surface area (Å²) in [6.07, 6.45) is 1.36. The molecule has 0 radical (unpaired) electrons. The number of nitrogens with zero attached hydrogens (tertiary/aromatic N) is 1. The standard InChI is InChI=1S/C26H24NO/c1-15-6-8-19-12-22-21-9-7-16(2)25(23-11-17(3)18(4)14-27(23)5)26(21)28-24(22)13-20(19)10-15/h6-14H,1-5H3/q+1/i1D3,3D3,4D3. The quantitative estimate of drug-likeness (QED) is 0.307. The minimum atomic E-state index is -2.62. The van der Waals surface area contributed by atoms with Gasteiger partial charge >= 0.3 is 0 Å². The van der Waals surface area contributed by atoms with Crippen LogP contribution in [-0.2, 0) is 7.05 Å². The van der Waals surface area contributed by atoms with Crippen molar-refractivity contribution in [3.05, 3.63) is 77.0 Å². The number of fused-ring (bicyclic) bond motifs is 4. The predicted octanol–water partition coefficient (Wildman–Crippen LogP) is 6.46. The molecule has 0 atom stereocenters. The maximum absolute atomic E-state index is 7.98. The molecule has 28 heavy (non-hydrogen) atoms. The first-order chi connectivity index (χ1) is 17.1. The molecule has 2 aromatic heterocycles. The monoisotopic (exact) mass is 375 g/mol. The zero-order valence-electron chi connectivity index (χ0n) is 24.6. The van der Waals surface area contributed by atoms with Gasteiger partial charge < -0.3 is 4.42 Å². The molecule has 0 spiro atoms. The van der Waals surface area contributed by atoms with E-state index in [0.717, 1.165) is 27.1 Å². The third-order valence-electron chi connectivity index (χ3n) is 5.34. The van der Waals surface area contributed by atoms with Crippen molar-refractivity contribution in [2.45, 2.75) is 27.5 Å². The zero-order chi connectivity index (χ0) is 27.1. The zero-order valence-corrected chi connectivity index (χ0v) is 15.6. The van der Waals surface area contributed by atoms with Gasteiger partial charge in [-0.1, -0.05) is 35.9 Å². The van der Waals surface area contributed by atoms with Crippen LogP contribution in [0.2, 0.25) is 0 Å². The lowest BCUT2D eigenvalue weighted by molar-refractivity contribution is -0.660. The van der Waals surface area contributed by atoms with Crippen molar-refractivity contribution < 1.29 is 21.3 Å². The minimum Gasteiger partial charge on any atom is -0.455 e. The van der Waals surface area contributed by atoms with Gasteiger partial charge in [-0.25, -0.2) is 4.57 Å². The maximum atomic E-state index is 7.98. The van der Waals surface area contributed by atoms with E-state index in [2.05, 4.69) is 0 Å². The van der Waals surface area contributed by atoms with Gasteiger partial charge in [0, 0.05) is 34.7 Å². The Morgan fingerprint density at radius 2 is 1.71 bits per heavy atom. The van der Waals surface area contributed by atoms with Crippen molar-refractivity contribution in [1.82, 2.24) is 0 Å². The van der Waals surface area contributed by atoms with Crippen molar-refractivity contribution in [1.29, 1.82) is 0 Å². The highest BCUT2D eigenvalue weighted by Gasteiger charge is 2.21. The Hall–Kier alpha value is -3.13. The topological polar surface area (TPSA) is 17.0 Å². The molecule has 2 heteroatoms. The molecule has 0 unspecified atom stereocenters. The molecule has 138 valence electrons. The van der Waals surface area contributed by atoms with Gasteiger partial charge in [0.25, 0.3) is 0 Å². The fraction of sp³-hybridized carbons (Fsp3) is 0.192. The lowest BCUT2D eigenvalue weighted by Crippen LogP contribution is -2.31.